The second-order valence-corrected chi connectivity index (χ2v) is 7.19. The number of aliphatic hydroxyl groups is 1. The van der Waals surface area contributed by atoms with Crippen molar-refractivity contribution in [1.82, 2.24) is 5.32 Å². The second-order valence-electron chi connectivity index (χ2n) is 7.19. The Morgan fingerprint density at radius 1 is 1.15 bits per heavy atom. The number of carbonyl (C=O) groups is 1. The molecule has 2 aromatic rings. The van der Waals surface area contributed by atoms with E-state index in [1.165, 1.54) is 12.7 Å². The molecule has 3 N–H and O–H groups in total. The number of benzene rings is 2. The zero-order chi connectivity index (χ0) is 19.1. The Bertz CT molecular complexity index is 725. The predicted molar refractivity (Wildman–Crippen MR) is 107 cm³/mol. The van der Waals surface area contributed by atoms with Gasteiger partial charge in [0, 0.05) is 18.2 Å². The van der Waals surface area contributed by atoms with Gasteiger partial charge in [-0.3, -0.25) is 0 Å². The average molecular weight is 368 g/mol. The Hall–Kier alpha value is -2.37. The molecule has 27 heavy (non-hydrogen) atoms. The Morgan fingerprint density at radius 2 is 1.81 bits per heavy atom. The molecule has 1 heterocycles. The molecule has 0 bridgehead atoms. The highest BCUT2D eigenvalue weighted by atomic mass is 16.5. The Morgan fingerprint density at radius 3 is 2.44 bits per heavy atom. The van der Waals surface area contributed by atoms with Gasteiger partial charge in [-0.05, 0) is 62.2 Å². The van der Waals surface area contributed by atoms with Gasteiger partial charge in [0.2, 0.25) is 0 Å². The number of anilines is 1. The number of nitrogens with one attached hydrogen (secondary N) is 2. The molecule has 1 unspecified atom stereocenters. The average Bonchev–Trinajstić information content (AvgIpc) is 2.72. The first-order valence-electron chi connectivity index (χ1n) is 9.50. The molecule has 3 rings (SSSR count). The summed E-state index contributed by atoms with van der Waals surface area (Å²) in [5, 5.41) is 18.0. The zero-order valence-corrected chi connectivity index (χ0v) is 15.8. The molecule has 0 radical (unpaired) electrons. The first-order chi connectivity index (χ1) is 13.1. The Kier molecular flexibility index (Phi) is 6.48. The minimum atomic E-state index is -0.681. The Labute approximate surface area is 160 Å². The zero-order valence-electron chi connectivity index (χ0n) is 15.8. The number of ether oxygens (including phenoxy) is 1. The minimum Gasteiger partial charge on any atom is -0.465 e. The van der Waals surface area contributed by atoms with Crippen molar-refractivity contribution < 1.29 is 14.6 Å². The minimum absolute atomic E-state index is 0.0993. The van der Waals surface area contributed by atoms with Crippen LogP contribution in [0.5, 0.6) is 0 Å². The van der Waals surface area contributed by atoms with Crippen LogP contribution in [-0.4, -0.2) is 43.4 Å². The predicted octanol–water partition coefficient (Wildman–Crippen LogP) is 2.86. The monoisotopic (exact) mass is 368 g/mol. The van der Waals surface area contributed by atoms with Gasteiger partial charge in [-0.1, -0.05) is 30.3 Å². The van der Waals surface area contributed by atoms with E-state index in [9.17, 15) is 9.90 Å². The maximum absolute atomic E-state index is 11.6. The van der Waals surface area contributed by atoms with E-state index in [0.29, 0.717) is 12.1 Å². The van der Waals surface area contributed by atoms with Crippen molar-refractivity contribution in [3.05, 3.63) is 65.7 Å². The van der Waals surface area contributed by atoms with E-state index in [1.807, 2.05) is 30.3 Å². The number of hydrogen-bond donors (Lipinski definition) is 3. The molecule has 2 aromatic carbocycles. The summed E-state index contributed by atoms with van der Waals surface area (Å²) in [6.45, 7) is 2.36. The first-order valence-corrected chi connectivity index (χ1v) is 9.50. The van der Waals surface area contributed by atoms with E-state index in [-0.39, 0.29) is 11.9 Å². The summed E-state index contributed by atoms with van der Waals surface area (Å²) < 4.78 is 4.73. The van der Waals surface area contributed by atoms with Crippen LogP contribution < -0.4 is 10.6 Å². The van der Waals surface area contributed by atoms with E-state index in [0.717, 1.165) is 38.0 Å². The van der Waals surface area contributed by atoms with Crippen LogP contribution in [0.3, 0.4) is 0 Å². The van der Waals surface area contributed by atoms with Crippen molar-refractivity contribution in [1.29, 1.82) is 0 Å². The number of rotatable bonds is 7. The summed E-state index contributed by atoms with van der Waals surface area (Å²) in [5.74, 6) is -0.241. The molecule has 1 fully saturated rings. The summed E-state index contributed by atoms with van der Waals surface area (Å²) >= 11 is 0. The molecule has 0 aliphatic carbocycles. The molecule has 1 aliphatic rings. The van der Waals surface area contributed by atoms with Gasteiger partial charge in [0.25, 0.3) is 0 Å². The van der Waals surface area contributed by atoms with E-state index in [4.69, 9.17) is 4.74 Å². The van der Waals surface area contributed by atoms with Crippen molar-refractivity contribution >= 4 is 11.7 Å². The topological polar surface area (TPSA) is 70.6 Å². The number of hydrogen-bond acceptors (Lipinski definition) is 5. The third-order valence-corrected chi connectivity index (χ3v) is 5.41. The second kappa shape index (κ2) is 9.02. The molecule has 0 amide bonds. The first kappa shape index (κ1) is 19.4. The van der Waals surface area contributed by atoms with Gasteiger partial charge in [0.1, 0.15) is 0 Å². The van der Waals surface area contributed by atoms with Crippen molar-refractivity contribution in [3.8, 4) is 0 Å². The van der Waals surface area contributed by atoms with E-state index in [1.54, 1.807) is 12.1 Å². The van der Waals surface area contributed by atoms with Crippen LogP contribution in [0, 0.1) is 5.92 Å². The third-order valence-electron chi connectivity index (χ3n) is 5.41. The molecule has 1 saturated heterocycles. The highest BCUT2D eigenvalue weighted by Crippen LogP contribution is 2.30. The molecular formula is C22H28N2O3. The van der Waals surface area contributed by atoms with Crippen LogP contribution >= 0.6 is 0 Å². The SMILES string of the molecule is COC(=O)c1ccc(NCC(Cc2ccccc2)C2(O)CCNCC2)cc1. The standard InChI is InChI=1S/C22H28N2O3/c1-27-21(25)18-7-9-20(10-8-18)24-16-19(15-17-5-3-2-4-6-17)22(26)11-13-23-14-12-22/h2-10,19,23-24,26H,11-16H2,1H3. The van der Waals surface area contributed by atoms with Crippen molar-refractivity contribution in [3.63, 3.8) is 0 Å². The van der Waals surface area contributed by atoms with Crippen LogP contribution in [0.2, 0.25) is 0 Å². The lowest BCUT2D eigenvalue weighted by atomic mass is 9.76. The molecule has 144 valence electrons. The van der Waals surface area contributed by atoms with E-state index >= 15 is 0 Å². The van der Waals surface area contributed by atoms with Gasteiger partial charge in [-0.25, -0.2) is 4.79 Å². The van der Waals surface area contributed by atoms with Gasteiger partial charge in [-0.2, -0.15) is 0 Å². The fourth-order valence-electron chi connectivity index (χ4n) is 3.70. The molecule has 1 aliphatic heterocycles. The van der Waals surface area contributed by atoms with Crippen LogP contribution in [0.15, 0.2) is 54.6 Å². The van der Waals surface area contributed by atoms with Gasteiger partial charge in [0.05, 0.1) is 18.3 Å². The van der Waals surface area contributed by atoms with Gasteiger partial charge < -0.3 is 20.5 Å². The quantitative estimate of drug-likeness (QED) is 0.656. The van der Waals surface area contributed by atoms with E-state index in [2.05, 4.69) is 22.8 Å². The van der Waals surface area contributed by atoms with Gasteiger partial charge >= 0.3 is 5.97 Å². The van der Waals surface area contributed by atoms with Crippen LogP contribution in [0.25, 0.3) is 0 Å². The van der Waals surface area contributed by atoms with Crippen LogP contribution in [0.4, 0.5) is 5.69 Å². The molecule has 5 heteroatoms. The molecular weight excluding hydrogens is 340 g/mol. The normalized spacial score (nSPS) is 17.1. The fraction of sp³-hybridized carbons (Fsp3) is 0.409. The van der Waals surface area contributed by atoms with Crippen molar-refractivity contribution in [2.75, 3.05) is 32.1 Å². The number of piperidine rings is 1. The third kappa shape index (κ3) is 5.08. The summed E-state index contributed by atoms with van der Waals surface area (Å²) in [6.07, 6.45) is 2.34. The van der Waals surface area contributed by atoms with E-state index < -0.39 is 5.60 Å². The Balaban J connectivity index is 1.70. The molecule has 0 aromatic heterocycles. The fourth-order valence-corrected chi connectivity index (χ4v) is 3.70. The molecule has 5 nitrogen and oxygen atoms in total. The lowest BCUT2D eigenvalue weighted by molar-refractivity contribution is -0.0391. The summed E-state index contributed by atoms with van der Waals surface area (Å²) in [6, 6.07) is 17.6. The highest BCUT2D eigenvalue weighted by Gasteiger charge is 2.37. The smallest absolute Gasteiger partial charge is 0.337 e. The lowest BCUT2D eigenvalue weighted by Crippen LogP contribution is -2.50. The summed E-state index contributed by atoms with van der Waals surface area (Å²) in [5.41, 5.74) is 2.01. The maximum atomic E-state index is 11.6. The van der Waals surface area contributed by atoms with Crippen molar-refractivity contribution in [2.24, 2.45) is 5.92 Å². The molecule has 0 spiro atoms. The van der Waals surface area contributed by atoms with Crippen LogP contribution in [0.1, 0.15) is 28.8 Å². The number of carbonyl (C=O) groups excluding carboxylic acids is 1. The summed E-state index contributed by atoms with van der Waals surface area (Å²) in [7, 11) is 1.38. The highest BCUT2D eigenvalue weighted by molar-refractivity contribution is 5.89. The van der Waals surface area contributed by atoms with Crippen LogP contribution in [-0.2, 0) is 11.2 Å². The van der Waals surface area contributed by atoms with Gasteiger partial charge in [-0.15, -0.1) is 0 Å². The number of esters is 1. The van der Waals surface area contributed by atoms with Crippen molar-refractivity contribution in [2.45, 2.75) is 24.9 Å². The molecule has 0 saturated carbocycles. The molecule has 1 atom stereocenters. The largest absolute Gasteiger partial charge is 0.465 e. The lowest BCUT2D eigenvalue weighted by Gasteiger charge is -2.40. The number of methoxy groups -OCH3 is 1. The van der Waals surface area contributed by atoms with Gasteiger partial charge in [0.15, 0.2) is 0 Å². The maximum Gasteiger partial charge on any atom is 0.337 e. The summed E-state index contributed by atoms with van der Waals surface area (Å²) in [4.78, 5) is 11.6.